The number of rotatable bonds is 9. The Bertz CT molecular complexity index is 1040. The maximum atomic E-state index is 11.8. The number of nitrogens with one attached hydrogen (secondary N) is 2. The summed E-state index contributed by atoms with van der Waals surface area (Å²) in [6.45, 7) is 1.99. The fraction of sp³-hybridized carbons (Fsp3) is 0.304. The third-order valence-electron chi connectivity index (χ3n) is 4.63. The van der Waals surface area contributed by atoms with E-state index in [1.807, 2.05) is 18.2 Å². The molecule has 1 unspecified atom stereocenters. The summed E-state index contributed by atoms with van der Waals surface area (Å²) in [4.78, 5) is 31.7. The lowest BCUT2D eigenvalue weighted by Gasteiger charge is -2.12. The highest BCUT2D eigenvalue weighted by molar-refractivity contribution is 5.90. The largest absolute Gasteiger partial charge is 0.498 e. The number of carbonyl (C=O) groups is 2. The summed E-state index contributed by atoms with van der Waals surface area (Å²) in [6.07, 6.45) is 8.56. The van der Waals surface area contributed by atoms with Crippen molar-refractivity contribution in [2.45, 2.75) is 19.6 Å². The minimum Gasteiger partial charge on any atom is -0.498 e. The number of methoxy groups -OCH3 is 2. The van der Waals surface area contributed by atoms with Gasteiger partial charge in [-0.2, -0.15) is 0 Å². The van der Waals surface area contributed by atoms with Crippen LogP contribution >= 0.6 is 0 Å². The Labute approximate surface area is 191 Å². The normalized spacial score (nSPS) is 14.4. The zero-order valence-electron chi connectivity index (χ0n) is 18.7. The molecule has 174 valence electrons. The highest BCUT2D eigenvalue weighted by Crippen LogP contribution is 2.29. The summed E-state index contributed by atoms with van der Waals surface area (Å²) in [5.74, 6) is 1.13. The number of amides is 2. The molecule has 0 saturated heterocycles. The van der Waals surface area contributed by atoms with E-state index in [9.17, 15) is 9.59 Å². The Kier molecular flexibility index (Phi) is 8.36. The molecule has 2 heterocycles. The van der Waals surface area contributed by atoms with E-state index in [1.165, 1.54) is 0 Å². The van der Waals surface area contributed by atoms with Crippen molar-refractivity contribution < 1.29 is 28.5 Å². The van der Waals surface area contributed by atoms with Crippen molar-refractivity contribution >= 4 is 30.0 Å². The predicted molar refractivity (Wildman–Crippen MR) is 121 cm³/mol. The van der Waals surface area contributed by atoms with Crippen LogP contribution < -0.4 is 15.4 Å². The van der Waals surface area contributed by atoms with E-state index in [4.69, 9.17) is 18.9 Å². The van der Waals surface area contributed by atoms with Gasteiger partial charge < -0.3 is 24.3 Å². The molecule has 0 radical (unpaired) electrons. The molecule has 10 nitrogen and oxygen atoms in total. The van der Waals surface area contributed by atoms with Crippen molar-refractivity contribution in [2.24, 2.45) is 0 Å². The highest BCUT2D eigenvalue weighted by Gasteiger charge is 2.18. The van der Waals surface area contributed by atoms with Crippen LogP contribution in [-0.4, -0.2) is 55.4 Å². The van der Waals surface area contributed by atoms with Crippen LogP contribution in [0.4, 0.5) is 10.6 Å². The molecule has 2 amide bonds. The lowest BCUT2D eigenvalue weighted by Crippen LogP contribution is -2.34. The van der Waals surface area contributed by atoms with Gasteiger partial charge in [0.25, 0.3) is 0 Å². The Morgan fingerprint density at radius 1 is 1.15 bits per heavy atom. The van der Waals surface area contributed by atoms with Crippen LogP contribution in [0.1, 0.15) is 23.7 Å². The average molecular weight is 454 g/mol. The number of urea groups is 1. The van der Waals surface area contributed by atoms with E-state index >= 15 is 0 Å². The molecule has 3 rings (SSSR count). The first-order valence-electron chi connectivity index (χ1n) is 10.3. The van der Waals surface area contributed by atoms with Gasteiger partial charge in [0.15, 0.2) is 0 Å². The summed E-state index contributed by atoms with van der Waals surface area (Å²) < 4.78 is 21.6. The minimum atomic E-state index is -0.552. The van der Waals surface area contributed by atoms with E-state index in [1.54, 1.807) is 51.7 Å². The van der Waals surface area contributed by atoms with Gasteiger partial charge in [0.05, 0.1) is 19.4 Å². The fourth-order valence-corrected chi connectivity index (χ4v) is 3.01. The minimum absolute atomic E-state index is 0.220. The Hall–Kier alpha value is -3.92. The molecule has 1 aliphatic carbocycles. The molecule has 33 heavy (non-hydrogen) atoms. The number of aromatic nitrogens is 2. The fourth-order valence-electron chi connectivity index (χ4n) is 3.01. The van der Waals surface area contributed by atoms with Gasteiger partial charge in [-0.25, -0.2) is 9.78 Å². The monoisotopic (exact) mass is 454 g/mol. The number of nitrogens with zero attached hydrogens (tertiary/aromatic N) is 2. The van der Waals surface area contributed by atoms with Crippen LogP contribution in [0.15, 0.2) is 42.4 Å². The van der Waals surface area contributed by atoms with Crippen molar-refractivity contribution in [2.75, 3.05) is 32.7 Å². The van der Waals surface area contributed by atoms with Gasteiger partial charge in [-0.05, 0) is 25.1 Å². The Morgan fingerprint density at radius 2 is 2.00 bits per heavy atom. The van der Waals surface area contributed by atoms with E-state index in [-0.39, 0.29) is 25.9 Å². The first kappa shape index (κ1) is 23.7. The van der Waals surface area contributed by atoms with Crippen LogP contribution in [0, 0.1) is 0 Å². The van der Waals surface area contributed by atoms with Gasteiger partial charge in [0, 0.05) is 36.7 Å². The molecule has 0 saturated carbocycles. The second-order valence-corrected chi connectivity index (χ2v) is 6.83. The van der Waals surface area contributed by atoms with Gasteiger partial charge >= 0.3 is 12.0 Å². The zero-order valence-corrected chi connectivity index (χ0v) is 18.7. The number of carbonyl (C=O) groups excluding carboxylic acids is 2. The number of fused-ring (bicyclic) bond motifs is 1. The molecular formula is C23H26N4O6. The van der Waals surface area contributed by atoms with E-state index < -0.39 is 12.0 Å². The van der Waals surface area contributed by atoms with E-state index in [0.717, 1.165) is 11.1 Å². The molecule has 0 fully saturated rings. The third-order valence-corrected chi connectivity index (χ3v) is 4.63. The maximum Gasteiger partial charge on any atom is 0.325 e. The second-order valence-electron chi connectivity index (χ2n) is 6.83. The van der Waals surface area contributed by atoms with Gasteiger partial charge in [0.2, 0.25) is 0 Å². The highest BCUT2D eigenvalue weighted by atomic mass is 16.5. The molecule has 2 N–H and O–H groups in total. The standard InChI is InChI=1S/C23H26N4O6/c1-4-32-22(28)13-26-23(29)27-21-8-5-15(12-25-21)14-33-18-9-10-24-17-11-20(31-3)19(30-2)7-6-16(17)18/h5-12,19H,4,13-14H2,1-3H3,(H2,25,26,27,29). The number of anilines is 1. The lowest BCUT2D eigenvalue weighted by atomic mass is 10.1. The van der Waals surface area contributed by atoms with E-state index in [2.05, 4.69) is 20.6 Å². The topological polar surface area (TPSA) is 121 Å². The maximum absolute atomic E-state index is 11.8. The smallest absolute Gasteiger partial charge is 0.325 e. The number of hydrogen-bond donors (Lipinski definition) is 2. The van der Waals surface area contributed by atoms with Crippen molar-refractivity contribution in [3.63, 3.8) is 0 Å². The molecule has 0 aliphatic heterocycles. The van der Waals surface area contributed by atoms with Crippen LogP contribution in [0.25, 0.3) is 12.2 Å². The third kappa shape index (κ3) is 6.53. The second kappa shape index (κ2) is 11.6. The molecule has 1 atom stereocenters. The van der Waals surface area contributed by atoms with Crippen molar-refractivity contribution in [3.8, 4) is 5.75 Å². The Balaban J connectivity index is 1.60. The molecule has 0 bridgehead atoms. The Morgan fingerprint density at radius 3 is 2.70 bits per heavy atom. The molecule has 0 aromatic carbocycles. The summed E-state index contributed by atoms with van der Waals surface area (Å²) in [7, 11) is 3.20. The first-order chi connectivity index (χ1) is 16.0. The number of ether oxygens (including phenoxy) is 4. The molecule has 1 aliphatic rings. The van der Waals surface area contributed by atoms with Crippen LogP contribution in [0.2, 0.25) is 0 Å². The molecular weight excluding hydrogens is 428 g/mol. The number of esters is 1. The van der Waals surface area contributed by atoms with Crippen LogP contribution in [-0.2, 0) is 25.6 Å². The summed E-state index contributed by atoms with van der Waals surface area (Å²) in [5.41, 5.74) is 2.33. The average Bonchev–Trinajstić information content (AvgIpc) is 3.01. The van der Waals surface area contributed by atoms with Gasteiger partial charge in [-0.1, -0.05) is 12.1 Å². The summed E-state index contributed by atoms with van der Waals surface area (Å²) in [6, 6.07) is 4.66. The number of hydrogen-bond acceptors (Lipinski definition) is 8. The molecule has 10 heteroatoms. The van der Waals surface area contributed by atoms with Crippen molar-refractivity contribution in [1.82, 2.24) is 15.3 Å². The van der Waals surface area contributed by atoms with Crippen molar-refractivity contribution in [3.05, 3.63) is 59.2 Å². The molecule has 0 spiro atoms. The van der Waals surface area contributed by atoms with E-state index in [0.29, 0.717) is 23.0 Å². The summed E-state index contributed by atoms with van der Waals surface area (Å²) >= 11 is 0. The van der Waals surface area contributed by atoms with Gasteiger partial charge in [0.1, 0.15) is 36.6 Å². The SMILES string of the molecule is CCOC(=O)CNC(=O)Nc1ccc(COc2ccnc3c2C=CC(OC)C(OC)=C3)cn1. The number of pyridine rings is 2. The molecule has 2 aromatic heterocycles. The molecule has 2 aromatic rings. The summed E-state index contributed by atoms with van der Waals surface area (Å²) in [5, 5.41) is 4.95. The zero-order chi connectivity index (χ0) is 23.6. The van der Waals surface area contributed by atoms with Crippen LogP contribution in [0.5, 0.6) is 5.75 Å². The van der Waals surface area contributed by atoms with Crippen LogP contribution in [0.3, 0.4) is 0 Å². The van der Waals surface area contributed by atoms with Gasteiger partial charge in [-0.15, -0.1) is 0 Å². The lowest BCUT2D eigenvalue weighted by molar-refractivity contribution is -0.141. The van der Waals surface area contributed by atoms with Gasteiger partial charge in [-0.3, -0.25) is 15.1 Å². The van der Waals surface area contributed by atoms with Crippen molar-refractivity contribution in [1.29, 1.82) is 0 Å². The predicted octanol–water partition coefficient (Wildman–Crippen LogP) is 2.77. The first-order valence-corrected chi connectivity index (χ1v) is 10.3. The quantitative estimate of drug-likeness (QED) is 0.555.